The second-order valence-corrected chi connectivity index (χ2v) is 9.28. The van der Waals surface area contributed by atoms with Crippen LogP contribution in [0.5, 0.6) is 5.75 Å². The van der Waals surface area contributed by atoms with Gasteiger partial charge in [0.05, 0.1) is 17.3 Å². The molecule has 3 atom stereocenters. The van der Waals surface area contributed by atoms with E-state index in [0.717, 1.165) is 23.2 Å². The molecule has 2 aromatic rings. The molecule has 0 aliphatic carbocycles. The lowest BCUT2D eigenvalue weighted by Gasteiger charge is -2.18. The number of benzene rings is 2. The van der Waals surface area contributed by atoms with Crippen LogP contribution in [0.25, 0.3) is 0 Å². The van der Waals surface area contributed by atoms with E-state index in [-0.39, 0.29) is 12.5 Å². The number of halogens is 1. The molecule has 4 rings (SSSR count). The van der Waals surface area contributed by atoms with E-state index in [2.05, 4.69) is 4.99 Å². The standard InChI is InChI=1S/C23H25ClN2O5S/c1-3-10-25-22-26(18-7-5-4-6-14(18)2)21(29)23(32-22)20(31-23)15-8-9-19(17(24)11-15)30-13-16(28)12-27/h4-9,11,16,20,27-28H,3,10,12-13H2,1-2H3/t16-,20?,23?/m0/s1. The van der Waals surface area contributed by atoms with Crippen molar-refractivity contribution in [2.75, 3.05) is 24.7 Å². The van der Waals surface area contributed by atoms with E-state index in [0.29, 0.717) is 22.5 Å². The van der Waals surface area contributed by atoms with E-state index in [4.69, 9.17) is 26.2 Å². The molecule has 0 aromatic heterocycles. The Morgan fingerprint density at radius 1 is 1.34 bits per heavy atom. The van der Waals surface area contributed by atoms with Gasteiger partial charge in [-0.05, 0) is 54.4 Å². The maximum absolute atomic E-state index is 13.6. The van der Waals surface area contributed by atoms with Crippen molar-refractivity contribution in [3.63, 3.8) is 0 Å². The third-order valence-electron chi connectivity index (χ3n) is 5.24. The molecule has 170 valence electrons. The quantitative estimate of drug-likeness (QED) is 0.564. The van der Waals surface area contributed by atoms with Crippen molar-refractivity contribution >= 4 is 40.1 Å². The average Bonchev–Trinajstić information content (AvgIpc) is 3.45. The van der Waals surface area contributed by atoms with Crippen LogP contribution in [0.3, 0.4) is 0 Å². The van der Waals surface area contributed by atoms with Crippen molar-refractivity contribution < 1.29 is 24.5 Å². The number of carbonyl (C=O) groups is 1. The summed E-state index contributed by atoms with van der Waals surface area (Å²) in [6.07, 6.45) is -0.573. The molecular formula is C23H25ClN2O5S. The number of hydrogen-bond acceptors (Lipinski definition) is 7. The molecule has 1 spiro atoms. The highest BCUT2D eigenvalue weighted by Crippen LogP contribution is 2.62. The first kappa shape index (κ1) is 23.1. The van der Waals surface area contributed by atoms with Crippen molar-refractivity contribution in [3.05, 3.63) is 58.6 Å². The normalized spacial score (nSPS) is 24.4. The van der Waals surface area contributed by atoms with Crippen LogP contribution in [0.2, 0.25) is 5.02 Å². The Morgan fingerprint density at radius 2 is 2.12 bits per heavy atom. The first-order chi connectivity index (χ1) is 15.4. The number of rotatable bonds is 8. The summed E-state index contributed by atoms with van der Waals surface area (Å²) in [7, 11) is 0. The number of aliphatic hydroxyl groups excluding tert-OH is 2. The van der Waals surface area contributed by atoms with Gasteiger partial charge in [-0.25, -0.2) is 0 Å². The molecule has 9 heteroatoms. The van der Waals surface area contributed by atoms with Crippen LogP contribution >= 0.6 is 23.4 Å². The average molecular weight is 477 g/mol. The molecule has 2 N–H and O–H groups in total. The van der Waals surface area contributed by atoms with Gasteiger partial charge in [-0.15, -0.1) is 0 Å². The smallest absolute Gasteiger partial charge is 0.279 e. The molecule has 2 unspecified atom stereocenters. The third kappa shape index (κ3) is 4.25. The molecule has 32 heavy (non-hydrogen) atoms. The summed E-state index contributed by atoms with van der Waals surface area (Å²) in [5.41, 5.74) is 2.54. The van der Waals surface area contributed by atoms with Crippen LogP contribution in [0.15, 0.2) is 47.5 Å². The summed E-state index contributed by atoms with van der Waals surface area (Å²) in [6, 6.07) is 12.9. The molecule has 0 radical (unpaired) electrons. The largest absolute Gasteiger partial charge is 0.489 e. The van der Waals surface area contributed by atoms with Gasteiger partial charge in [0, 0.05) is 6.54 Å². The van der Waals surface area contributed by atoms with Gasteiger partial charge in [0.2, 0.25) is 4.93 Å². The van der Waals surface area contributed by atoms with Gasteiger partial charge < -0.3 is 19.7 Å². The summed E-state index contributed by atoms with van der Waals surface area (Å²) in [6.45, 7) is 4.16. The molecule has 2 aliphatic rings. The second-order valence-electron chi connectivity index (χ2n) is 7.70. The zero-order valence-electron chi connectivity index (χ0n) is 17.8. The predicted octanol–water partition coefficient (Wildman–Crippen LogP) is 3.69. The fourth-order valence-electron chi connectivity index (χ4n) is 3.51. The van der Waals surface area contributed by atoms with Crippen molar-refractivity contribution in [2.45, 2.75) is 37.4 Å². The fourth-order valence-corrected chi connectivity index (χ4v) is 5.02. The van der Waals surface area contributed by atoms with Crippen molar-refractivity contribution in [3.8, 4) is 5.75 Å². The number of carbonyl (C=O) groups excluding carboxylic acids is 1. The van der Waals surface area contributed by atoms with E-state index in [9.17, 15) is 9.90 Å². The van der Waals surface area contributed by atoms with Gasteiger partial charge in [-0.3, -0.25) is 14.7 Å². The number of para-hydroxylation sites is 1. The number of aryl methyl sites for hydroxylation is 1. The minimum absolute atomic E-state index is 0.0730. The minimum atomic E-state index is -1.06. The van der Waals surface area contributed by atoms with Crippen molar-refractivity contribution in [1.82, 2.24) is 0 Å². The van der Waals surface area contributed by atoms with E-state index in [1.54, 1.807) is 23.1 Å². The number of nitrogens with zero attached hydrogens (tertiary/aromatic N) is 2. The molecule has 2 heterocycles. The van der Waals surface area contributed by atoms with Crippen molar-refractivity contribution in [1.29, 1.82) is 0 Å². The summed E-state index contributed by atoms with van der Waals surface area (Å²) in [5, 5.41) is 19.4. The minimum Gasteiger partial charge on any atom is -0.489 e. The number of ether oxygens (including phenoxy) is 2. The highest BCUT2D eigenvalue weighted by atomic mass is 35.5. The number of aliphatic hydroxyl groups is 2. The van der Waals surface area contributed by atoms with Crippen LogP contribution in [0, 0.1) is 6.92 Å². The zero-order chi connectivity index (χ0) is 22.9. The Morgan fingerprint density at radius 3 is 2.81 bits per heavy atom. The van der Waals surface area contributed by atoms with Crippen LogP contribution in [0.4, 0.5) is 5.69 Å². The summed E-state index contributed by atoms with van der Waals surface area (Å²) in [4.78, 5) is 18.8. The monoisotopic (exact) mass is 476 g/mol. The number of thioether (sulfide) groups is 1. The maximum atomic E-state index is 13.6. The molecule has 2 fully saturated rings. The summed E-state index contributed by atoms with van der Waals surface area (Å²) < 4.78 is 11.4. The van der Waals surface area contributed by atoms with Gasteiger partial charge >= 0.3 is 0 Å². The Hall–Kier alpha value is -2.10. The molecule has 0 bridgehead atoms. The highest BCUT2D eigenvalue weighted by Gasteiger charge is 2.71. The van der Waals surface area contributed by atoms with Crippen LogP contribution in [-0.4, -0.2) is 52.1 Å². The molecule has 0 saturated carbocycles. The first-order valence-corrected chi connectivity index (χ1v) is 11.6. The molecule has 2 saturated heterocycles. The van der Waals surface area contributed by atoms with E-state index >= 15 is 0 Å². The highest BCUT2D eigenvalue weighted by molar-refractivity contribution is 8.17. The number of amidine groups is 1. The molecular weight excluding hydrogens is 452 g/mol. The van der Waals surface area contributed by atoms with Gasteiger partial charge in [-0.2, -0.15) is 0 Å². The van der Waals surface area contributed by atoms with Gasteiger partial charge in [-0.1, -0.05) is 42.8 Å². The number of anilines is 1. The maximum Gasteiger partial charge on any atom is 0.279 e. The van der Waals surface area contributed by atoms with Gasteiger partial charge in [0.1, 0.15) is 24.6 Å². The number of aliphatic imine (C=N–C) groups is 1. The number of amides is 1. The lowest BCUT2D eigenvalue weighted by Crippen LogP contribution is -2.34. The Balaban J connectivity index is 1.58. The van der Waals surface area contributed by atoms with E-state index in [1.165, 1.54) is 11.8 Å². The predicted molar refractivity (Wildman–Crippen MR) is 125 cm³/mol. The lowest BCUT2D eigenvalue weighted by molar-refractivity contribution is -0.119. The first-order valence-electron chi connectivity index (χ1n) is 10.4. The topological polar surface area (TPSA) is 94.9 Å². The molecule has 1 amide bonds. The molecule has 2 aliphatic heterocycles. The molecule has 7 nitrogen and oxygen atoms in total. The lowest BCUT2D eigenvalue weighted by atomic mass is 10.1. The number of epoxide rings is 1. The Kier molecular flexibility index (Phi) is 6.78. The van der Waals surface area contributed by atoms with Gasteiger partial charge in [0.15, 0.2) is 5.17 Å². The third-order valence-corrected chi connectivity index (χ3v) is 6.82. The SMILES string of the molecule is CCCN=C1SC2(OC2c2ccc(OC[C@@H](O)CO)c(Cl)c2)C(=O)N1c1ccccc1C. The summed E-state index contributed by atoms with van der Waals surface area (Å²) in [5.74, 6) is 0.230. The number of hydrogen-bond donors (Lipinski definition) is 2. The van der Waals surface area contributed by atoms with Gasteiger partial charge in [0.25, 0.3) is 5.91 Å². The van der Waals surface area contributed by atoms with Crippen LogP contribution in [-0.2, 0) is 9.53 Å². The van der Waals surface area contributed by atoms with Crippen molar-refractivity contribution in [2.24, 2.45) is 4.99 Å². The van der Waals surface area contributed by atoms with Crippen LogP contribution in [0.1, 0.15) is 30.6 Å². The van der Waals surface area contributed by atoms with Crippen LogP contribution < -0.4 is 9.64 Å². The Labute approximate surface area is 196 Å². The summed E-state index contributed by atoms with van der Waals surface area (Å²) >= 11 is 7.69. The molecule has 2 aromatic carbocycles. The zero-order valence-corrected chi connectivity index (χ0v) is 19.4. The fraction of sp³-hybridized carbons (Fsp3) is 0.391. The second kappa shape index (κ2) is 9.41. The Bertz CT molecular complexity index is 1050. The van der Waals surface area contributed by atoms with E-state index in [1.807, 2.05) is 38.1 Å². The van der Waals surface area contributed by atoms with E-state index < -0.39 is 23.7 Å².